The molecule has 3 rings (SSSR count). The van der Waals surface area contributed by atoms with Crippen molar-refractivity contribution in [2.24, 2.45) is 0 Å². The third-order valence-electron chi connectivity index (χ3n) is 5.41. The third-order valence-corrected chi connectivity index (χ3v) is 7.30. The van der Waals surface area contributed by atoms with E-state index in [1.54, 1.807) is 12.1 Å². The molecular weight excluding hydrogens is 372 g/mol. The van der Waals surface area contributed by atoms with Gasteiger partial charge in [-0.1, -0.05) is 29.8 Å². The topological polar surface area (TPSA) is 66.5 Å². The van der Waals surface area contributed by atoms with Gasteiger partial charge in [-0.05, 0) is 69.4 Å². The number of sulfonamides is 1. The molecule has 1 aliphatic rings. The largest absolute Gasteiger partial charge is 0.345 e. The van der Waals surface area contributed by atoms with Gasteiger partial charge in [0.2, 0.25) is 10.0 Å². The van der Waals surface area contributed by atoms with Gasteiger partial charge in [-0.25, -0.2) is 8.42 Å². The van der Waals surface area contributed by atoms with Crippen molar-refractivity contribution < 1.29 is 13.2 Å². The lowest BCUT2D eigenvalue weighted by molar-refractivity contribution is 0.0939. The highest BCUT2D eigenvalue weighted by atomic mass is 32.2. The van der Waals surface area contributed by atoms with Crippen molar-refractivity contribution in [2.75, 3.05) is 13.1 Å². The molecule has 2 aromatic rings. The van der Waals surface area contributed by atoms with Crippen LogP contribution in [-0.4, -0.2) is 31.7 Å². The van der Waals surface area contributed by atoms with Gasteiger partial charge in [0, 0.05) is 18.7 Å². The average Bonchev–Trinajstić information content (AvgIpc) is 3.19. The van der Waals surface area contributed by atoms with E-state index < -0.39 is 10.0 Å². The van der Waals surface area contributed by atoms with E-state index in [0.717, 1.165) is 35.1 Å². The molecule has 6 heteroatoms. The summed E-state index contributed by atoms with van der Waals surface area (Å²) in [6.45, 7) is 8.90. The van der Waals surface area contributed by atoms with Crippen LogP contribution in [0.1, 0.15) is 58.4 Å². The van der Waals surface area contributed by atoms with Crippen LogP contribution in [0.3, 0.4) is 0 Å². The van der Waals surface area contributed by atoms with Gasteiger partial charge in [0.05, 0.1) is 10.9 Å². The molecule has 1 fully saturated rings. The fraction of sp³-hybridized carbons (Fsp3) is 0.409. The van der Waals surface area contributed by atoms with Crippen LogP contribution in [0.15, 0.2) is 41.3 Å². The molecule has 28 heavy (non-hydrogen) atoms. The minimum atomic E-state index is -3.55. The Hall–Kier alpha value is -2.18. The average molecular weight is 401 g/mol. The summed E-state index contributed by atoms with van der Waals surface area (Å²) >= 11 is 0. The van der Waals surface area contributed by atoms with Crippen LogP contribution in [0.5, 0.6) is 0 Å². The van der Waals surface area contributed by atoms with E-state index in [1.165, 1.54) is 10.4 Å². The summed E-state index contributed by atoms with van der Waals surface area (Å²) < 4.78 is 27.2. The number of nitrogens with zero attached hydrogens (tertiary/aromatic N) is 1. The Morgan fingerprint density at radius 3 is 2.32 bits per heavy atom. The van der Waals surface area contributed by atoms with Crippen LogP contribution in [0, 0.1) is 20.8 Å². The Bertz CT molecular complexity index is 993. The van der Waals surface area contributed by atoms with E-state index in [4.69, 9.17) is 0 Å². The van der Waals surface area contributed by atoms with E-state index in [9.17, 15) is 13.2 Å². The molecule has 1 aliphatic heterocycles. The number of hydrogen-bond donors (Lipinski definition) is 1. The first-order chi connectivity index (χ1) is 13.2. The number of benzene rings is 2. The molecule has 150 valence electrons. The lowest BCUT2D eigenvalue weighted by atomic mass is 9.99. The summed E-state index contributed by atoms with van der Waals surface area (Å²) in [7, 11) is -3.55. The summed E-state index contributed by atoms with van der Waals surface area (Å²) in [6.07, 6.45) is 1.76. The second-order valence-corrected chi connectivity index (χ2v) is 9.58. The maximum absolute atomic E-state index is 12.9. The summed E-state index contributed by atoms with van der Waals surface area (Å²) in [5.41, 5.74) is 4.47. The third kappa shape index (κ3) is 4.13. The molecule has 0 radical (unpaired) electrons. The molecule has 1 N–H and O–H groups in total. The van der Waals surface area contributed by atoms with Gasteiger partial charge in [0.1, 0.15) is 0 Å². The lowest BCUT2D eigenvalue weighted by Gasteiger charge is -2.19. The highest BCUT2D eigenvalue weighted by Crippen LogP contribution is 2.24. The van der Waals surface area contributed by atoms with E-state index in [-0.39, 0.29) is 16.8 Å². The van der Waals surface area contributed by atoms with E-state index in [2.05, 4.69) is 11.4 Å². The molecule has 0 unspecified atom stereocenters. The van der Waals surface area contributed by atoms with Crippen molar-refractivity contribution in [3.8, 4) is 0 Å². The number of aryl methyl sites for hydroxylation is 3. The van der Waals surface area contributed by atoms with Crippen LogP contribution >= 0.6 is 0 Å². The zero-order chi connectivity index (χ0) is 20.5. The number of carbonyl (C=O) groups is 1. The van der Waals surface area contributed by atoms with Crippen molar-refractivity contribution in [1.29, 1.82) is 0 Å². The molecule has 2 aromatic carbocycles. The number of carbonyl (C=O) groups excluding carboxylic acids is 1. The van der Waals surface area contributed by atoms with E-state index in [0.29, 0.717) is 18.7 Å². The van der Waals surface area contributed by atoms with Crippen molar-refractivity contribution in [2.45, 2.75) is 51.5 Å². The summed E-state index contributed by atoms with van der Waals surface area (Å²) in [6, 6.07) is 10.8. The predicted octanol–water partition coefficient (Wildman–Crippen LogP) is 3.89. The van der Waals surface area contributed by atoms with E-state index >= 15 is 0 Å². The number of nitrogens with one attached hydrogen (secondary N) is 1. The van der Waals surface area contributed by atoms with E-state index in [1.807, 2.05) is 39.8 Å². The highest BCUT2D eigenvalue weighted by molar-refractivity contribution is 7.89. The molecule has 0 aromatic heterocycles. The monoisotopic (exact) mass is 400 g/mol. The maximum Gasteiger partial charge on any atom is 0.252 e. The Morgan fingerprint density at radius 1 is 1.00 bits per heavy atom. The van der Waals surface area contributed by atoms with Crippen molar-refractivity contribution in [1.82, 2.24) is 9.62 Å². The molecule has 1 heterocycles. The first kappa shape index (κ1) is 20.6. The Kier molecular flexibility index (Phi) is 5.91. The van der Waals surface area contributed by atoms with Crippen LogP contribution in [0.2, 0.25) is 0 Å². The van der Waals surface area contributed by atoms with Crippen molar-refractivity contribution in [3.05, 3.63) is 64.2 Å². The standard InChI is InChI=1S/C22H28N2O3S/c1-15-7-8-16(2)20(13-15)18(4)23-22(25)21-14-19(10-9-17(21)3)28(26,27)24-11-5-6-12-24/h7-10,13-14,18H,5-6,11-12H2,1-4H3,(H,23,25)/t18-/m0/s1. The minimum Gasteiger partial charge on any atom is -0.345 e. The summed E-state index contributed by atoms with van der Waals surface area (Å²) in [4.78, 5) is 13.1. The molecule has 5 nitrogen and oxygen atoms in total. The minimum absolute atomic E-state index is 0.175. The summed E-state index contributed by atoms with van der Waals surface area (Å²) in [5, 5.41) is 3.02. The molecule has 1 saturated heterocycles. The zero-order valence-electron chi connectivity index (χ0n) is 17.0. The lowest BCUT2D eigenvalue weighted by Crippen LogP contribution is -2.30. The Balaban J connectivity index is 1.86. The smallest absolute Gasteiger partial charge is 0.252 e. The second-order valence-electron chi connectivity index (χ2n) is 7.64. The zero-order valence-corrected chi connectivity index (χ0v) is 17.8. The molecule has 0 bridgehead atoms. The van der Waals surface area contributed by atoms with Crippen molar-refractivity contribution >= 4 is 15.9 Å². The molecule has 0 spiro atoms. The van der Waals surface area contributed by atoms with Crippen LogP contribution in [-0.2, 0) is 10.0 Å². The van der Waals surface area contributed by atoms with Gasteiger partial charge in [-0.3, -0.25) is 4.79 Å². The molecule has 0 saturated carbocycles. The van der Waals surface area contributed by atoms with Crippen LogP contribution < -0.4 is 5.32 Å². The molecule has 1 amide bonds. The fourth-order valence-corrected chi connectivity index (χ4v) is 5.21. The van der Waals surface area contributed by atoms with Crippen molar-refractivity contribution in [3.63, 3.8) is 0 Å². The predicted molar refractivity (Wildman–Crippen MR) is 111 cm³/mol. The van der Waals surface area contributed by atoms with Gasteiger partial charge < -0.3 is 5.32 Å². The molecule has 1 atom stereocenters. The summed E-state index contributed by atoms with van der Waals surface area (Å²) in [5.74, 6) is -0.260. The normalized spacial score (nSPS) is 16.1. The Labute approximate surface area is 167 Å². The van der Waals surface area contributed by atoms with Gasteiger partial charge in [-0.2, -0.15) is 4.31 Å². The number of amides is 1. The second kappa shape index (κ2) is 8.05. The van der Waals surface area contributed by atoms with Gasteiger partial charge in [0.25, 0.3) is 5.91 Å². The Morgan fingerprint density at radius 2 is 1.64 bits per heavy atom. The van der Waals surface area contributed by atoms with Gasteiger partial charge in [-0.15, -0.1) is 0 Å². The molecule has 0 aliphatic carbocycles. The SMILES string of the molecule is Cc1ccc(C)c([C@H](C)NC(=O)c2cc(S(=O)(=O)N3CCCC3)ccc2C)c1. The number of rotatable bonds is 5. The first-order valence-electron chi connectivity index (χ1n) is 9.69. The van der Waals surface area contributed by atoms with Gasteiger partial charge >= 0.3 is 0 Å². The van der Waals surface area contributed by atoms with Crippen LogP contribution in [0.4, 0.5) is 0 Å². The highest BCUT2D eigenvalue weighted by Gasteiger charge is 2.28. The number of hydrogen-bond acceptors (Lipinski definition) is 3. The first-order valence-corrected chi connectivity index (χ1v) is 11.1. The van der Waals surface area contributed by atoms with Gasteiger partial charge in [0.15, 0.2) is 0 Å². The van der Waals surface area contributed by atoms with Crippen LogP contribution in [0.25, 0.3) is 0 Å². The maximum atomic E-state index is 12.9. The fourth-order valence-electron chi connectivity index (χ4n) is 3.66. The quantitative estimate of drug-likeness (QED) is 0.828. The molecular formula is C22H28N2O3S.